The molecule has 0 N–H and O–H groups in total. The summed E-state index contributed by atoms with van der Waals surface area (Å²) in [6, 6.07) is 3.84. The number of carbonyl (C=O) groups is 1. The van der Waals surface area contributed by atoms with Crippen LogP contribution in [0.15, 0.2) is 41.3 Å². The maximum absolute atomic E-state index is 13.3. The summed E-state index contributed by atoms with van der Waals surface area (Å²) in [6.07, 6.45) is 35.3. The number of thioether (sulfide) groups is 1. The van der Waals surface area contributed by atoms with Crippen LogP contribution in [0.5, 0.6) is 5.75 Å². The molecule has 41 heavy (non-hydrogen) atoms. The van der Waals surface area contributed by atoms with Crippen LogP contribution in [-0.4, -0.2) is 17.6 Å². The number of allylic oxidation sites excluding steroid dienone is 3. The highest BCUT2D eigenvalue weighted by molar-refractivity contribution is 8.00. The zero-order chi connectivity index (χ0) is 29.1. The predicted octanol–water partition coefficient (Wildman–Crippen LogP) is 12.6. The second-order valence-electron chi connectivity index (χ2n) is 12.4. The molecule has 0 radical (unpaired) electrons. The van der Waals surface area contributed by atoms with Crippen molar-refractivity contribution >= 4 is 29.1 Å². The molecule has 0 aromatic heterocycles. The van der Waals surface area contributed by atoms with Crippen LogP contribution in [0, 0.1) is 11.8 Å². The quantitative estimate of drug-likeness (QED) is 0.117. The summed E-state index contributed by atoms with van der Waals surface area (Å²) in [4.78, 5) is 14.3. The molecule has 3 atom stereocenters. The molecule has 1 aliphatic carbocycles. The summed E-state index contributed by atoms with van der Waals surface area (Å²) in [5, 5.41) is 0.674. The van der Waals surface area contributed by atoms with Gasteiger partial charge >= 0.3 is 0 Å². The van der Waals surface area contributed by atoms with Crippen molar-refractivity contribution in [2.75, 3.05) is 6.61 Å². The van der Waals surface area contributed by atoms with E-state index in [0.29, 0.717) is 16.5 Å². The average Bonchev–Trinajstić information content (AvgIpc) is 2.98. The van der Waals surface area contributed by atoms with Crippen LogP contribution in [0.1, 0.15) is 153 Å². The molecular weight excluding hydrogens is 544 g/mol. The van der Waals surface area contributed by atoms with E-state index in [9.17, 15) is 4.79 Å². The molecule has 2 aliphatic rings. The van der Waals surface area contributed by atoms with Crippen molar-refractivity contribution in [1.82, 2.24) is 0 Å². The first-order valence-corrected chi connectivity index (χ1v) is 18.4. The molecule has 0 fully saturated rings. The summed E-state index contributed by atoms with van der Waals surface area (Å²) < 4.78 is 6.54. The van der Waals surface area contributed by atoms with E-state index in [1.165, 1.54) is 128 Å². The first-order chi connectivity index (χ1) is 20.2. The second kappa shape index (κ2) is 20.7. The molecule has 3 rings (SSSR count). The Morgan fingerprint density at radius 3 is 1.80 bits per heavy atom. The highest BCUT2D eigenvalue weighted by atomic mass is 35.5. The molecule has 1 aromatic rings. The summed E-state index contributed by atoms with van der Waals surface area (Å²) >= 11 is 8.30. The zero-order valence-corrected chi connectivity index (χ0v) is 27.7. The Morgan fingerprint density at radius 1 is 0.732 bits per heavy atom. The van der Waals surface area contributed by atoms with Crippen molar-refractivity contribution in [3.8, 4) is 5.75 Å². The van der Waals surface area contributed by atoms with Crippen molar-refractivity contribution in [2.24, 2.45) is 11.8 Å². The number of hydrogen-bond acceptors (Lipinski definition) is 3. The van der Waals surface area contributed by atoms with Gasteiger partial charge in [0.15, 0.2) is 5.78 Å². The standard InChI is InChI=1S/C37H57ClO2S/c1-3-5-7-9-11-13-14-16-18-20-24-30(23-19-17-15-12-10-8-6-4-2)29-40-33-28-27-32(38)35-36(39)31-25-21-22-26-34(31)41-37(33)35/h21-22,25-28,30-31,34H,3-20,23-24,29H2,1-2H3. The van der Waals surface area contributed by atoms with Crippen LogP contribution in [-0.2, 0) is 0 Å². The molecule has 3 unspecified atom stereocenters. The lowest BCUT2D eigenvalue weighted by Gasteiger charge is -2.31. The third-order valence-electron chi connectivity index (χ3n) is 8.86. The van der Waals surface area contributed by atoms with Crippen molar-refractivity contribution in [3.05, 3.63) is 47.0 Å². The van der Waals surface area contributed by atoms with Crippen molar-refractivity contribution in [2.45, 2.75) is 152 Å². The minimum Gasteiger partial charge on any atom is -0.492 e. The minimum atomic E-state index is -0.128. The fourth-order valence-corrected chi connectivity index (χ4v) is 7.92. The fourth-order valence-electron chi connectivity index (χ4n) is 6.24. The van der Waals surface area contributed by atoms with Crippen LogP contribution in [0.2, 0.25) is 5.02 Å². The number of fused-ring (bicyclic) bond motifs is 2. The Kier molecular flexibility index (Phi) is 17.3. The van der Waals surface area contributed by atoms with Gasteiger partial charge in [0, 0.05) is 5.25 Å². The van der Waals surface area contributed by atoms with Crippen molar-refractivity contribution in [3.63, 3.8) is 0 Å². The lowest BCUT2D eigenvalue weighted by atomic mass is 9.90. The molecule has 0 bridgehead atoms. The smallest absolute Gasteiger partial charge is 0.173 e. The number of halogens is 1. The number of ether oxygens (including phenoxy) is 1. The molecule has 1 aliphatic heterocycles. The van der Waals surface area contributed by atoms with E-state index in [1.54, 1.807) is 11.8 Å². The monoisotopic (exact) mass is 600 g/mol. The van der Waals surface area contributed by atoms with Gasteiger partial charge < -0.3 is 4.74 Å². The molecule has 0 saturated carbocycles. The first kappa shape index (κ1) is 34.3. The van der Waals surface area contributed by atoms with E-state index < -0.39 is 0 Å². The fraction of sp³-hybridized carbons (Fsp3) is 0.703. The molecule has 230 valence electrons. The van der Waals surface area contributed by atoms with Gasteiger partial charge in [-0.25, -0.2) is 0 Å². The van der Waals surface area contributed by atoms with Crippen LogP contribution in [0.4, 0.5) is 0 Å². The van der Waals surface area contributed by atoms with Gasteiger partial charge in [0.25, 0.3) is 0 Å². The number of hydrogen-bond donors (Lipinski definition) is 0. The summed E-state index contributed by atoms with van der Waals surface area (Å²) in [5.41, 5.74) is 0.657. The van der Waals surface area contributed by atoms with E-state index in [4.69, 9.17) is 16.3 Å². The molecule has 0 saturated heterocycles. The Hall–Kier alpha value is -1.19. The number of Topliss-reactive ketones (excluding diaryl/α,β-unsaturated/α-hetero) is 1. The average molecular weight is 601 g/mol. The topological polar surface area (TPSA) is 26.3 Å². The number of benzene rings is 1. The molecule has 2 nitrogen and oxygen atoms in total. The van der Waals surface area contributed by atoms with E-state index in [0.717, 1.165) is 17.3 Å². The molecule has 4 heteroatoms. The number of unbranched alkanes of at least 4 members (excludes halogenated alkanes) is 16. The van der Waals surface area contributed by atoms with E-state index in [-0.39, 0.29) is 17.0 Å². The minimum absolute atomic E-state index is 0.126. The van der Waals surface area contributed by atoms with Crippen LogP contribution >= 0.6 is 23.4 Å². The Morgan fingerprint density at radius 2 is 1.24 bits per heavy atom. The summed E-state index contributed by atoms with van der Waals surface area (Å²) in [7, 11) is 0. The maximum atomic E-state index is 13.3. The van der Waals surface area contributed by atoms with Gasteiger partial charge in [-0.2, -0.15) is 0 Å². The Bertz CT molecular complexity index is 939. The summed E-state index contributed by atoms with van der Waals surface area (Å²) in [6.45, 7) is 5.31. The first-order valence-electron chi connectivity index (χ1n) is 17.2. The number of ketones is 1. The van der Waals surface area contributed by atoms with E-state index in [2.05, 4.69) is 19.9 Å². The second-order valence-corrected chi connectivity index (χ2v) is 14.0. The van der Waals surface area contributed by atoms with Gasteiger partial charge in [0.2, 0.25) is 0 Å². The van der Waals surface area contributed by atoms with Crippen LogP contribution in [0.25, 0.3) is 0 Å². The number of carbonyl (C=O) groups excluding carboxylic acids is 1. The Balaban J connectivity index is 1.49. The molecular formula is C37H57ClO2S. The zero-order valence-electron chi connectivity index (χ0n) is 26.1. The van der Waals surface area contributed by atoms with Gasteiger partial charge in [0.1, 0.15) is 5.75 Å². The van der Waals surface area contributed by atoms with Crippen molar-refractivity contribution < 1.29 is 9.53 Å². The van der Waals surface area contributed by atoms with Crippen LogP contribution in [0.3, 0.4) is 0 Å². The van der Waals surface area contributed by atoms with Gasteiger partial charge in [0.05, 0.1) is 28.0 Å². The normalized spacial score (nSPS) is 18.4. The van der Waals surface area contributed by atoms with Gasteiger partial charge in [-0.15, -0.1) is 11.8 Å². The van der Waals surface area contributed by atoms with Gasteiger partial charge in [-0.1, -0.05) is 165 Å². The SMILES string of the molecule is CCCCCCCCCCCCC(CCCCCCCCCC)COc1ccc(Cl)c2c1SC1C=CC=CC1C2=O. The predicted molar refractivity (Wildman–Crippen MR) is 180 cm³/mol. The molecule has 1 heterocycles. The third-order valence-corrected chi connectivity index (χ3v) is 10.5. The Labute approximate surface area is 261 Å². The number of rotatable bonds is 23. The highest BCUT2D eigenvalue weighted by Gasteiger charge is 2.37. The lowest BCUT2D eigenvalue weighted by molar-refractivity contribution is 0.0940. The maximum Gasteiger partial charge on any atom is 0.173 e. The van der Waals surface area contributed by atoms with E-state index >= 15 is 0 Å². The van der Waals surface area contributed by atoms with Crippen LogP contribution < -0.4 is 4.74 Å². The van der Waals surface area contributed by atoms with Gasteiger partial charge in [-0.3, -0.25) is 4.79 Å². The van der Waals surface area contributed by atoms with Gasteiger partial charge in [-0.05, 0) is 30.9 Å². The van der Waals surface area contributed by atoms with E-state index in [1.807, 2.05) is 30.4 Å². The molecule has 1 aromatic carbocycles. The largest absolute Gasteiger partial charge is 0.492 e. The lowest BCUT2D eigenvalue weighted by Crippen LogP contribution is -2.29. The summed E-state index contributed by atoms with van der Waals surface area (Å²) in [5.74, 6) is 1.41. The molecule has 0 spiro atoms. The molecule has 0 amide bonds. The van der Waals surface area contributed by atoms with Crippen molar-refractivity contribution in [1.29, 1.82) is 0 Å². The third kappa shape index (κ3) is 12.1. The highest BCUT2D eigenvalue weighted by Crippen LogP contribution is 2.48.